The smallest absolute Gasteiger partial charge is 0.257 e. The third kappa shape index (κ3) is 4.04. The second-order valence-corrected chi connectivity index (χ2v) is 6.54. The number of amides is 1. The number of nitrogens with one attached hydrogen (secondary N) is 1. The topological polar surface area (TPSA) is 38.3 Å². The summed E-state index contributed by atoms with van der Waals surface area (Å²) in [5, 5.41) is 6.13. The Morgan fingerprint density at radius 1 is 1.25 bits per heavy atom. The number of rotatable bonds is 6. The van der Waals surface area contributed by atoms with Gasteiger partial charge in [0.25, 0.3) is 5.91 Å². The molecule has 1 amide bonds. The molecule has 0 radical (unpaired) electrons. The molecule has 0 aliphatic rings. The van der Waals surface area contributed by atoms with E-state index >= 15 is 0 Å². The fourth-order valence-corrected chi connectivity index (χ4v) is 3.50. The Bertz CT molecular complexity index is 865. The number of benzene rings is 2. The molecule has 0 spiro atoms. The van der Waals surface area contributed by atoms with Gasteiger partial charge in [0.05, 0.1) is 5.02 Å². The van der Waals surface area contributed by atoms with Crippen LogP contribution in [0.2, 0.25) is 5.02 Å². The molecule has 2 aromatic carbocycles. The van der Waals surface area contributed by atoms with E-state index in [9.17, 15) is 9.18 Å². The predicted molar refractivity (Wildman–Crippen MR) is 95.4 cm³/mol. The third-order valence-electron chi connectivity index (χ3n) is 3.54. The zero-order valence-electron chi connectivity index (χ0n) is 12.7. The molecule has 0 bridgehead atoms. The standard InChI is InChI=1S/C18H15ClFNO2S/c19-15-9-13(5-6-16(15)20)23-10-18(22)21-8-7-12-11-24-17-4-2-1-3-14(12)17/h1-6,9,11H,7-8,10H2,(H,21,22). The normalized spacial score (nSPS) is 10.8. The van der Waals surface area contributed by atoms with Crippen LogP contribution in [-0.2, 0) is 11.2 Å². The summed E-state index contributed by atoms with van der Waals surface area (Å²) in [6.45, 7) is 0.402. The lowest BCUT2D eigenvalue weighted by Gasteiger charge is -2.08. The van der Waals surface area contributed by atoms with Crippen molar-refractivity contribution < 1.29 is 13.9 Å². The van der Waals surface area contributed by atoms with Crippen LogP contribution in [0, 0.1) is 5.82 Å². The average Bonchev–Trinajstić information content (AvgIpc) is 2.99. The van der Waals surface area contributed by atoms with Gasteiger partial charge in [-0.1, -0.05) is 29.8 Å². The van der Waals surface area contributed by atoms with Crippen LogP contribution in [-0.4, -0.2) is 19.1 Å². The van der Waals surface area contributed by atoms with E-state index in [4.69, 9.17) is 16.3 Å². The molecule has 1 aromatic heterocycles. The van der Waals surface area contributed by atoms with E-state index in [0.717, 1.165) is 6.42 Å². The van der Waals surface area contributed by atoms with E-state index in [2.05, 4.69) is 22.8 Å². The fourth-order valence-electron chi connectivity index (χ4n) is 2.33. The van der Waals surface area contributed by atoms with Gasteiger partial charge in [-0.3, -0.25) is 4.79 Å². The van der Waals surface area contributed by atoms with Crippen molar-refractivity contribution in [2.75, 3.05) is 13.2 Å². The van der Waals surface area contributed by atoms with Crippen LogP contribution in [0.25, 0.3) is 10.1 Å². The molecule has 0 fully saturated rings. The quantitative estimate of drug-likeness (QED) is 0.703. The van der Waals surface area contributed by atoms with E-state index in [0.29, 0.717) is 12.3 Å². The van der Waals surface area contributed by atoms with Gasteiger partial charge in [-0.15, -0.1) is 11.3 Å². The second-order valence-electron chi connectivity index (χ2n) is 5.22. The SMILES string of the molecule is O=C(COc1ccc(F)c(Cl)c1)NCCc1csc2ccccc12. The minimum Gasteiger partial charge on any atom is -0.484 e. The molecule has 3 aromatic rings. The number of hydrogen-bond acceptors (Lipinski definition) is 3. The van der Waals surface area contributed by atoms with E-state index < -0.39 is 5.82 Å². The molecule has 0 unspecified atom stereocenters. The zero-order chi connectivity index (χ0) is 16.9. The van der Waals surface area contributed by atoms with Gasteiger partial charge in [0.15, 0.2) is 6.61 Å². The summed E-state index contributed by atoms with van der Waals surface area (Å²) in [7, 11) is 0. The van der Waals surface area contributed by atoms with Crippen molar-refractivity contribution in [2.24, 2.45) is 0 Å². The molecule has 0 aliphatic heterocycles. The van der Waals surface area contributed by atoms with Crippen molar-refractivity contribution in [2.45, 2.75) is 6.42 Å². The number of halogens is 2. The molecule has 6 heteroatoms. The third-order valence-corrected chi connectivity index (χ3v) is 4.84. The van der Waals surface area contributed by atoms with Gasteiger partial charge in [-0.05, 0) is 40.9 Å². The highest BCUT2D eigenvalue weighted by Crippen LogP contribution is 2.25. The largest absolute Gasteiger partial charge is 0.484 e. The zero-order valence-corrected chi connectivity index (χ0v) is 14.3. The first-order valence-corrected chi connectivity index (χ1v) is 8.69. The van der Waals surface area contributed by atoms with Gasteiger partial charge in [0.2, 0.25) is 0 Å². The Balaban J connectivity index is 1.46. The highest BCUT2D eigenvalue weighted by molar-refractivity contribution is 7.17. The van der Waals surface area contributed by atoms with Crippen LogP contribution in [0.4, 0.5) is 4.39 Å². The van der Waals surface area contributed by atoms with E-state index in [1.165, 1.54) is 33.8 Å². The van der Waals surface area contributed by atoms with Gasteiger partial charge < -0.3 is 10.1 Å². The predicted octanol–water partition coefficient (Wildman–Crippen LogP) is 4.43. The lowest BCUT2D eigenvalue weighted by atomic mass is 10.1. The lowest BCUT2D eigenvalue weighted by Crippen LogP contribution is -2.30. The van der Waals surface area contributed by atoms with Gasteiger partial charge in [0, 0.05) is 17.3 Å². The molecule has 0 saturated carbocycles. The summed E-state index contributed by atoms with van der Waals surface area (Å²) in [5.41, 5.74) is 1.22. The monoisotopic (exact) mass is 363 g/mol. The maximum Gasteiger partial charge on any atom is 0.257 e. The van der Waals surface area contributed by atoms with Gasteiger partial charge in [0.1, 0.15) is 11.6 Å². The van der Waals surface area contributed by atoms with E-state index in [-0.39, 0.29) is 17.5 Å². The van der Waals surface area contributed by atoms with Crippen LogP contribution in [0.15, 0.2) is 47.8 Å². The van der Waals surface area contributed by atoms with Crippen molar-refractivity contribution in [3.63, 3.8) is 0 Å². The maximum atomic E-state index is 13.0. The maximum absolute atomic E-state index is 13.0. The lowest BCUT2D eigenvalue weighted by molar-refractivity contribution is -0.123. The highest BCUT2D eigenvalue weighted by Gasteiger charge is 2.07. The molecular formula is C18H15ClFNO2S. The summed E-state index contributed by atoms with van der Waals surface area (Å²) in [5.74, 6) is -0.383. The Kier molecular flexibility index (Phi) is 5.33. The molecule has 1 heterocycles. The summed E-state index contributed by atoms with van der Waals surface area (Å²) in [6, 6.07) is 12.2. The summed E-state index contributed by atoms with van der Waals surface area (Å²) in [4.78, 5) is 11.8. The first kappa shape index (κ1) is 16.7. The summed E-state index contributed by atoms with van der Waals surface area (Å²) >= 11 is 7.37. The Labute approximate surface area is 148 Å². The van der Waals surface area contributed by atoms with Crippen molar-refractivity contribution in [3.8, 4) is 5.75 Å². The molecule has 3 rings (SSSR count). The molecule has 0 saturated heterocycles. The van der Waals surface area contributed by atoms with Crippen molar-refractivity contribution in [3.05, 3.63) is 64.2 Å². The Hall–Kier alpha value is -2.11. The molecule has 0 atom stereocenters. The number of thiophene rings is 1. The van der Waals surface area contributed by atoms with Crippen LogP contribution in [0.1, 0.15) is 5.56 Å². The van der Waals surface area contributed by atoms with Gasteiger partial charge in [-0.2, -0.15) is 0 Å². The highest BCUT2D eigenvalue weighted by atomic mass is 35.5. The van der Waals surface area contributed by atoms with Gasteiger partial charge in [-0.25, -0.2) is 4.39 Å². The summed E-state index contributed by atoms with van der Waals surface area (Å²) < 4.78 is 19.6. The number of carbonyl (C=O) groups is 1. The fraction of sp³-hybridized carbons (Fsp3) is 0.167. The summed E-state index contributed by atoms with van der Waals surface area (Å²) in [6.07, 6.45) is 0.762. The van der Waals surface area contributed by atoms with E-state index in [1.54, 1.807) is 11.3 Å². The van der Waals surface area contributed by atoms with Crippen molar-refractivity contribution >= 4 is 38.9 Å². The van der Waals surface area contributed by atoms with Gasteiger partial charge >= 0.3 is 0 Å². The minimum atomic E-state index is -0.517. The first-order valence-electron chi connectivity index (χ1n) is 7.43. The molecule has 3 nitrogen and oxygen atoms in total. The average molecular weight is 364 g/mol. The molecule has 24 heavy (non-hydrogen) atoms. The molecule has 124 valence electrons. The number of ether oxygens (including phenoxy) is 1. The number of carbonyl (C=O) groups excluding carboxylic acids is 1. The van der Waals surface area contributed by atoms with Crippen molar-refractivity contribution in [1.29, 1.82) is 0 Å². The number of fused-ring (bicyclic) bond motifs is 1. The van der Waals surface area contributed by atoms with E-state index in [1.807, 2.05) is 12.1 Å². The molecule has 1 N–H and O–H groups in total. The van der Waals surface area contributed by atoms with Crippen LogP contribution >= 0.6 is 22.9 Å². The van der Waals surface area contributed by atoms with Crippen molar-refractivity contribution in [1.82, 2.24) is 5.32 Å². The second kappa shape index (κ2) is 7.64. The first-order chi connectivity index (χ1) is 11.6. The minimum absolute atomic E-state index is 0.0303. The molecule has 0 aliphatic carbocycles. The Morgan fingerprint density at radius 2 is 2.08 bits per heavy atom. The Morgan fingerprint density at radius 3 is 2.92 bits per heavy atom. The van der Waals surface area contributed by atoms with Crippen LogP contribution in [0.5, 0.6) is 5.75 Å². The van der Waals surface area contributed by atoms with Crippen LogP contribution in [0.3, 0.4) is 0 Å². The molecular weight excluding hydrogens is 349 g/mol. The van der Waals surface area contributed by atoms with Crippen LogP contribution < -0.4 is 10.1 Å². The number of hydrogen-bond donors (Lipinski definition) is 1.